The van der Waals surface area contributed by atoms with E-state index in [4.69, 9.17) is 4.74 Å². The summed E-state index contributed by atoms with van der Waals surface area (Å²) in [4.78, 5) is 15.5. The van der Waals surface area contributed by atoms with Gasteiger partial charge < -0.3 is 10.1 Å². The predicted molar refractivity (Wildman–Crippen MR) is 137 cm³/mol. The normalized spacial score (nSPS) is 15.6. The number of nitrogens with one attached hydrogen (secondary N) is 1. The van der Waals surface area contributed by atoms with Crippen LogP contribution in [0.5, 0.6) is 5.75 Å². The van der Waals surface area contributed by atoms with Gasteiger partial charge in [0.1, 0.15) is 5.75 Å². The molecule has 1 fully saturated rings. The van der Waals surface area contributed by atoms with Crippen LogP contribution < -0.4 is 10.1 Å². The van der Waals surface area contributed by atoms with Crippen molar-refractivity contribution in [2.45, 2.75) is 78.8 Å². The Hall–Kier alpha value is -2.33. The molecule has 2 aromatic rings. The number of benzene rings is 2. The van der Waals surface area contributed by atoms with E-state index in [1.54, 1.807) is 0 Å². The third-order valence-corrected chi connectivity index (χ3v) is 6.87. The number of aryl methyl sites for hydroxylation is 1. The van der Waals surface area contributed by atoms with Gasteiger partial charge in [-0.25, -0.2) is 0 Å². The number of amides is 1. The molecule has 0 unspecified atom stereocenters. The van der Waals surface area contributed by atoms with Gasteiger partial charge in [-0.15, -0.1) is 0 Å². The summed E-state index contributed by atoms with van der Waals surface area (Å²) < 4.78 is 6.08. The summed E-state index contributed by atoms with van der Waals surface area (Å²) in [5.41, 5.74) is 3.42. The van der Waals surface area contributed by atoms with Gasteiger partial charge in [0.25, 0.3) is 0 Å². The van der Waals surface area contributed by atoms with Crippen molar-refractivity contribution in [3.05, 3.63) is 65.2 Å². The van der Waals surface area contributed by atoms with Gasteiger partial charge in [0.05, 0.1) is 6.61 Å². The number of hydrogen-bond acceptors (Lipinski definition) is 3. The van der Waals surface area contributed by atoms with Crippen molar-refractivity contribution < 1.29 is 9.53 Å². The van der Waals surface area contributed by atoms with Gasteiger partial charge in [-0.1, -0.05) is 70.2 Å². The van der Waals surface area contributed by atoms with Gasteiger partial charge in [-0.2, -0.15) is 0 Å². The number of piperidine rings is 1. The fraction of sp³-hybridized carbons (Fsp3) is 0.552. The zero-order valence-corrected chi connectivity index (χ0v) is 21.2. The summed E-state index contributed by atoms with van der Waals surface area (Å²) in [6.07, 6.45) is 3.71. The van der Waals surface area contributed by atoms with Gasteiger partial charge in [0, 0.05) is 31.1 Å². The lowest BCUT2D eigenvalue weighted by Crippen LogP contribution is -2.48. The third-order valence-electron chi connectivity index (χ3n) is 6.87. The van der Waals surface area contributed by atoms with Gasteiger partial charge in [0.2, 0.25) is 5.91 Å². The molecule has 1 N–H and O–H groups in total. The van der Waals surface area contributed by atoms with Crippen LogP contribution in [0.25, 0.3) is 0 Å². The Kier molecular flexibility index (Phi) is 8.96. The van der Waals surface area contributed by atoms with Crippen LogP contribution >= 0.6 is 0 Å². The Morgan fingerprint density at radius 2 is 1.82 bits per heavy atom. The number of hydrogen-bond donors (Lipinski definition) is 1. The SMILES string of the molecule is Cc1ccc(C(C)C)cc1OCCCC(C)(C)C(=O)NC1CCN(Cc2ccccc2)CC1. The Balaban J connectivity index is 1.39. The Bertz CT molecular complexity index is 884. The topological polar surface area (TPSA) is 41.6 Å². The maximum atomic E-state index is 13.0. The van der Waals surface area contributed by atoms with Crippen molar-refractivity contribution in [3.8, 4) is 5.75 Å². The summed E-state index contributed by atoms with van der Waals surface area (Å²) in [6, 6.07) is 17.4. The first-order valence-electron chi connectivity index (χ1n) is 12.5. The number of ether oxygens (including phenoxy) is 1. The average molecular weight is 451 g/mol. The maximum absolute atomic E-state index is 13.0. The molecule has 0 aromatic heterocycles. The molecule has 0 saturated carbocycles. The van der Waals surface area contributed by atoms with Gasteiger partial charge in [0.15, 0.2) is 0 Å². The first-order valence-corrected chi connectivity index (χ1v) is 12.5. The van der Waals surface area contributed by atoms with Crippen molar-refractivity contribution in [1.82, 2.24) is 10.2 Å². The van der Waals surface area contributed by atoms with E-state index in [9.17, 15) is 4.79 Å². The predicted octanol–water partition coefficient (Wildman–Crippen LogP) is 6.08. The second-order valence-corrected chi connectivity index (χ2v) is 10.5. The van der Waals surface area contributed by atoms with Crippen LogP contribution in [-0.4, -0.2) is 36.5 Å². The third kappa shape index (κ3) is 7.60. The average Bonchev–Trinajstić information content (AvgIpc) is 2.79. The minimum absolute atomic E-state index is 0.169. The molecule has 0 bridgehead atoms. The Morgan fingerprint density at radius 1 is 1.12 bits per heavy atom. The second kappa shape index (κ2) is 11.7. The van der Waals surface area contributed by atoms with Crippen molar-refractivity contribution in [3.63, 3.8) is 0 Å². The van der Waals surface area contributed by atoms with Crippen LogP contribution in [0.3, 0.4) is 0 Å². The molecule has 0 aliphatic carbocycles. The summed E-state index contributed by atoms with van der Waals surface area (Å²) in [5.74, 6) is 1.62. The standard InChI is InChI=1S/C29H42N2O2/c1-22(2)25-13-12-23(3)27(20-25)33-19-9-16-29(4,5)28(32)30-26-14-17-31(18-15-26)21-24-10-7-6-8-11-24/h6-8,10-13,20,22,26H,9,14-19,21H2,1-5H3,(H,30,32). The number of nitrogens with zero attached hydrogens (tertiary/aromatic N) is 1. The highest BCUT2D eigenvalue weighted by molar-refractivity contribution is 5.82. The molecule has 4 heteroatoms. The highest BCUT2D eigenvalue weighted by atomic mass is 16.5. The molecule has 180 valence electrons. The van der Waals surface area contributed by atoms with E-state index >= 15 is 0 Å². The van der Waals surface area contributed by atoms with Gasteiger partial charge in [-0.05, 0) is 61.3 Å². The molecular weight excluding hydrogens is 408 g/mol. The molecule has 0 atom stereocenters. The van der Waals surface area contributed by atoms with E-state index in [0.29, 0.717) is 12.5 Å². The first kappa shape index (κ1) is 25.3. The lowest BCUT2D eigenvalue weighted by molar-refractivity contribution is -0.130. The number of rotatable bonds is 10. The van der Waals surface area contributed by atoms with E-state index in [0.717, 1.165) is 56.6 Å². The zero-order valence-electron chi connectivity index (χ0n) is 21.2. The van der Waals surface area contributed by atoms with E-state index in [1.165, 1.54) is 11.1 Å². The minimum atomic E-state index is -0.390. The molecule has 4 nitrogen and oxygen atoms in total. The van der Waals surface area contributed by atoms with Crippen molar-refractivity contribution in [1.29, 1.82) is 0 Å². The lowest BCUT2D eigenvalue weighted by Gasteiger charge is -2.34. The quantitative estimate of drug-likeness (QED) is 0.446. The molecule has 33 heavy (non-hydrogen) atoms. The summed E-state index contributed by atoms with van der Waals surface area (Å²) in [6.45, 7) is 14.3. The number of carbonyl (C=O) groups excluding carboxylic acids is 1. The van der Waals surface area contributed by atoms with Crippen LogP contribution in [0.2, 0.25) is 0 Å². The highest BCUT2D eigenvalue weighted by Crippen LogP contribution is 2.27. The van der Waals surface area contributed by atoms with Gasteiger partial charge >= 0.3 is 0 Å². The van der Waals surface area contributed by atoms with Crippen molar-refractivity contribution in [2.24, 2.45) is 5.41 Å². The highest BCUT2D eigenvalue weighted by Gasteiger charge is 2.30. The molecule has 1 aliphatic rings. The Labute approximate surface area is 200 Å². The monoisotopic (exact) mass is 450 g/mol. The van der Waals surface area contributed by atoms with Crippen molar-refractivity contribution >= 4 is 5.91 Å². The molecule has 1 amide bonds. The smallest absolute Gasteiger partial charge is 0.225 e. The van der Waals surface area contributed by atoms with Crippen LogP contribution in [0, 0.1) is 12.3 Å². The molecular formula is C29H42N2O2. The second-order valence-electron chi connectivity index (χ2n) is 10.5. The first-order chi connectivity index (χ1) is 15.7. The lowest BCUT2D eigenvalue weighted by atomic mass is 9.86. The number of likely N-dealkylation sites (tertiary alicyclic amines) is 1. The fourth-order valence-electron chi connectivity index (χ4n) is 4.40. The zero-order chi connectivity index (χ0) is 23.8. The van der Waals surface area contributed by atoms with E-state index in [-0.39, 0.29) is 17.4 Å². The maximum Gasteiger partial charge on any atom is 0.225 e. The van der Waals surface area contributed by atoms with Crippen LogP contribution in [0.4, 0.5) is 0 Å². The largest absolute Gasteiger partial charge is 0.493 e. The molecule has 3 rings (SSSR count). The molecule has 1 aliphatic heterocycles. The van der Waals surface area contributed by atoms with Gasteiger partial charge in [-0.3, -0.25) is 9.69 Å². The summed E-state index contributed by atoms with van der Waals surface area (Å²) in [7, 11) is 0. The summed E-state index contributed by atoms with van der Waals surface area (Å²) >= 11 is 0. The molecule has 1 heterocycles. The summed E-state index contributed by atoms with van der Waals surface area (Å²) in [5, 5.41) is 3.32. The van der Waals surface area contributed by atoms with E-state index in [1.807, 2.05) is 0 Å². The number of carbonyl (C=O) groups is 1. The van der Waals surface area contributed by atoms with E-state index < -0.39 is 0 Å². The van der Waals surface area contributed by atoms with Crippen molar-refractivity contribution in [2.75, 3.05) is 19.7 Å². The Morgan fingerprint density at radius 3 is 2.48 bits per heavy atom. The molecule has 1 saturated heterocycles. The van der Waals surface area contributed by atoms with Crippen LogP contribution in [0.15, 0.2) is 48.5 Å². The fourth-order valence-corrected chi connectivity index (χ4v) is 4.40. The minimum Gasteiger partial charge on any atom is -0.493 e. The van der Waals surface area contributed by atoms with E-state index in [2.05, 4.69) is 93.4 Å². The molecule has 2 aromatic carbocycles. The molecule has 0 spiro atoms. The van der Waals surface area contributed by atoms with Crippen LogP contribution in [0.1, 0.15) is 76.0 Å². The molecule has 0 radical (unpaired) electrons. The van der Waals surface area contributed by atoms with Crippen LogP contribution in [-0.2, 0) is 11.3 Å².